The maximum Gasteiger partial charge on any atom is 0.335 e. The van der Waals surface area contributed by atoms with Crippen molar-refractivity contribution in [3.8, 4) is 0 Å². The van der Waals surface area contributed by atoms with E-state index in [1.54, 1.807) is 13.0 Å². The lowest BCUT2D eigenvalue weighted by Gasteiger charge is -2.26. The highest BCUT2D eigenvalue weighted by Gasteiger charge is 2.32. The zero-order valence-electron chi connectivity index (χ0n) is 11.8. The van der Waals surface area contributed by atoms with Gasteiger partial charge in [0, 0.05) is 0 Å². The van der Waals surface area contributed by atoms with E-state index < -0.39 is 15.8 Å². The van der Waals surface area contributed by atoms with Crippen LogP contribution in [0.25, 0.3) is 0 Å². The van der Waals surface area contributed by atoms with Crippen molar-refractivity contribution in [2.24, 2.45) is 5.92 Å². The normalized spacial score (nSPS) is 23.5. The van der Waals surface area contributed by atoms with Gasteiger partial charge in [-0.05, 0) is 43.4 Å². The second-order valence-corrected chi connectivity index (χ2v) is 7.95. The van der Waals surface area contributed by atoms with Crippen LogP contribution in [-0.2, 0) is 9.84 Å². The van der Waals surface area contributed by atoms with Crippen LogP contribution >= 0.6 is 0 Å². The summed E-state index contributed by atoms with van der Waals surface area (Å²) < 4.78 is 25.3. The average Bonchev–Trinajstić information content (AvgIpc) is 2.38. The fourth-order valence-electron chi connectivity index (χ4n) is 2.86. The summed E-state index contributed by atoms with van der Waals surface area (Å²) in [4.78, 5) is 11.3. The van der Waals surface area contributed by atoms with Gasteiger partial charge in [0.2, 0.25) is 0 Å². The molecule has 1 fully saturated rings. The van der Waals surface area contributed by atoms with Crippen LogP contribution in [0.4, 0.5) is 0 Å². The van der Waals surface area contributed by atoms with E-state index in [1.165, 1.54) is 12.1 Å². The first kappa shape index (κ1) is 15.0. The second kappa shape index (κ2) is 5.56. The molecule has 5 heteroatoms. The molecule has 4 nitrogen and oxygen atoms in total. The molecule has 0 spiro atoms. The largest absolute Gasteiger partial charge is 0.478 e. The molecule has 2 rings (SSSR count). The van der Waals surface area contributed by atoms with Gasteiger partial charge in [-0.2, -0.15) is 0 Å². The molecular formula is C15H20O4S. The fraction of sp³-hybridized carbons (Fsp3) is 0.533. The Labute approximate surface area is 119 Å². The van der Waals surface area contributed by atoms with Crippen molar-refractivity contribution in [1.29, 1.82) is 0 Å². The fourth-order valence-corrected chi connectivity index (χ4v) is 4.84. The minimum atomic E-state index is -3.43. The molecule has 1 N–H and O–H groups in total. The Hall–Kier alpha value is -1.36. The summed E-state index contributed by atoms with van der Waals surface area (Å²) in [5.74, 6) is -0.676. The van der Waals surface area contributed by atoms with Crippen LogP contribution in [0.3, 0.4) is 0 Å². The average molecular weight is 296 g/mol. The SMILES string of the molecule is Cc1ccc(S(=O)(=O)C2CCCC(C)C2)cc1C(=O)O. The van der Waals surface area contributed by atoms with Crippen LogP contribution in [0, 0.1) is 12.8 Å². The molecule has 1 aliphatic carbocycles. The summed E-state index contributed by atoms with van der Waals surface area (Å²) in [7, 11) is -3.43. The molecule has 1 aromatic rings. The van der Waals surface area contributed by atoms with Gasteiger partial charge in [0.05, 0.1) is 15.7 Å². The molecule has 0 saturated heterocycles. The van der Waals surface area contributed by atoms with Gasteiger partial charge < -0.3 is 5.11 Å². The van der Waals surface area contributed by atoms with Crippen LogP contribution < -0.4 is 0 Å². The highest BCUT2D eigenvalue weighted by molar-refractivity contribution is 7.92. The first-order chi connectivity index (χ1) is 9.32. The van der Waals surface area contributed by atoms with Crippen molar-refractivity contribution >= 4 is 15.8 Å². The number of carbonyl (C=O) groups is 1. The van der Waals surface area contributed by atoms with Crippen molar-refractivity contribution in [3.05, 3.63) is 29.3 Å². The molecule has 0 radical (unpaired) electrons. The zero-order valence-corrected chi connectivity index (χ0v) is 12.6. The van der Waals surface area contributed by atoms with E-state index in [1.807, 2.05) is 0 Å². The molecule has 0 bridgehead atoms. The highest BCUT2D eigenvalue weighted by atomic mass is 32.2. The van der Waals surface area contributed by atoms with E-state index in [-0.39, 0.29) is 15.7 Å². The molecule has 0 aromatic heterocycles. The lowest BCUT2D eigenvalue weighted by molar-refractivity contribution is 0.0696. The number of rotatable bonds is 3. The van der Waals surface area contributed by atoms with Crippen molar-refractivity contribution in [2.75, 3.05) is 0 Å². The van der Waals surface area contributed by atoms with Crippen LogP contribution in [0.15, 0.2) is 23.1 Å². The minimum Gasteiger partial charge on any atom is -0.478 e. The third-order valence-corrected chi connectivity index (χ3v) is 6.31. The number of sulfone groups is 1. The Kier molecular flexibility index (Phi) is 4.18. The third-order valence-electron chi connectivity index (χ3n) is 4.10. The Morgan fingerprint density at radius 3 is 2.60 bits per heavy atom. The highest BCUT2D eigenvalue weighted by Crippen LogP contribution is 2.32. The molecule has 0 amide bonds. The molecule has 2 unspecified atom stereocenters. The Morgan fingerprint density at radius 1 is 1.30 bits per heavy atom. The standard InChI is InChI=1S/C15H20O4S/c1-10-4-3-5-12(8-10)20(18,19)13-7-6-11(2)14(9-13)15(16)17/h6-7,9-10,12H,3-5,8H2,1-2H3,(H,16,17). The van der Waals surface area contributed by atoms with Crippen LogP contribution in [-0.4, -0.2) is 24.7 Å². The monoisotopic (exact) mass is 296 g/mol. The molecule has 0 aliphatic heterocycles. The van der Waals surface area contributed by atoms with E-state index in [0.29, 0.717) is 24.3 Å². The lowest BCUT2D eigenvalue weighted by Crippen LogP contribution is -2.27. The van der Waals surface area contributed by atoms with E-state index in [2.05, 4.69) is 6.92 Å². The number of benzene rings is 1. The molecule has 0 heterocycles. The third kappa shape index (κ3) is 2.87. The van der Waals surface area contributed by atoms with Crippen molar-refractivity contribution in [1.82, 2.24) is 0 Å². The van der Waals surface area contributed by atoms with Gasteiger partial charge in [0.25, 0.3) is 0 Å². The summed E-state index contributed by atoms with van der Waals surface area (Å²) in [6.07, 6.45) is 3.32. The molecule has 1 saturated carbocycles. The number of aryl methyl sites for hydroxylation is 1. The Bertz CT molecular complexity index is 619. The molecule has 110 valence electrons. The number of aromatic carboxylic acids is 1. The quantitative estimate of drug-likeness (QED) is 0.930. The zero-order chi connectivity index (χ0) is 14.9. The van der Waals surface area contributed by atoms with Crippen LogP contribution in [0.2, 0.25) is 0 Å². The smallest absolute Gasteiger partial charge is 0.335 e. The lowest BCUT2D eigenvalue weighted by atomic mass is 9.91. The molecule has 2 atom stereocenters. The van der Waals surface area contributed by atoms with E-state index in [4.69, 9.17) is 5.11 Å². The predicted octanol–water partition coefficient (Wildman–Crippen LogP) is 3.05. The van der Waals surface area contributed by atoms with E-state index in [0.717, 1.165) is 12.8 Å². The van der Waals surface area contributed by atoms with Crippen molar-refractivity contribution in [2.45, 2.75) is 49.7 Å². The van der Waals surface area contributed by atoms with Crippen molar-refractivity contribution in [3.63, 3.8) is 0 Å². The van der Waals surface area contributed by atoms with Gasteiger partial charge in [-0.15, -0.1) is 0 Å². The summed E-state index contributed by atoms with van der Waals surface area (Å²) in [5.41, 5.74) is 0.642. The van der Waals surface area contributed by atoms with Crippen LogP contribution in [0.5, 0.6) is 0 Å². The van der Waals surface area contributed by atoms with E-state index >= 15 is 0 Å². The summed E-state index contributed by atoms with van der Waals surface area (Å²) in [6.45, 7) is 3.74. The summed E-state index contributed by atoms with van der Waals surface area (Å²) in [6, 6.07) is 4.39. The molecule has 20 heavy (non-hydrogen) atoms. The van der Waals surface area contributed by atoms with Crippen molar-refractivity contribution < 1.29 is 18.3 Å². The van der Waals surface area contributed by atoms with Crippen LogP contribution in [0.1, 0.15) is 48.5 Å². The number of carboxylic acids is 1. The predicted molar refractivity (Wildman–Crippen MR) is 76.7 cm³/mol. The van der Waals surface area contributed by atoms with Gasteiger partial charge in [0.15, 0.2) is 9.84 Å². The number of hydrogen-bond donors (Lipinski definition) is 1. The minimum absolute atomic E-state index is 0.0648. The summed E-state index contributed by atoms with van der Waals surface area (Å²) in [5, 5.41) is 8.73. The number of hydrogen-bond acceptors (Lipinski definition) is 3. The first-order valence-corrected chi connectivity index (χ1v) is 8.45. The molecule has 1 aliphatic rings. The van der Waals surface area contributed by atoms with Gasteiger partial charge >= 0.3 is 5.97 Å². The molecule has 1 aromatic carbocycles. The number of carboxylic acid groups (broad SMARTS) is 1. The second-order valence-electron chi connectivity index (χ2n) is 5.72. The maximum absolute atomic E-state index is 12.6. The Balaban J connectivity index is 2.39. The summed E-state index contributed by atoms with van der Waals surface area (Å²) >= 11 is 0. The molecular weight excluding hydrogens is 276 g/mol. The maximum atomic E-state index is 12.6. The Morgan fingerprint density at radius 2 is 2.00 bits per heavy atom. The van der Waals surface area contributed by atoms with Gasteiger partial charge in [-0.25, -0.2) is 13.2 Å². The topological polar surface area (TPSA) is 71.4 Å². The van der Waals surface area contributed by atoms with Gasteiger partial charge in [-0.3, -0.25) is 0 Å². The van der Waals surface area contributed by atoms with E-state index in [9.17, 15) is 13.2 Å². The van der Waals surface area contributed by atoms with Gasteiger partial charge in [0.1, 0.15) is 0 Å². The first-order valence-electron chi connectivity index (χ1n) is 6.90. The van der Waals surface area contributed by atoms with Gasteiger partial charge in [-0.1, -0.05) is 25.8 Å².